The summed E-state index contributed by atoms with van der Waals surface area (Å²) >= 11 is 0. The van der Waals surface area contributed by atoms with Crippen LogP contribution in [-0.2, 0) is 23.9 Å². The van der Waals surface area contributed by atoms with Crippen LogP contribution in [0.15, 0.2) is 82.6 Å². The second kappa shape index (κ2) is 18.9. The number of benzene rings is 1. The summed E-state index contributed by atoms with van der Waals surface area (Å²) in [6, 6.07) is 5.81. The van der Waals surface area contributed by atoms with Gasteiger partial charge in [0.1, 0.15) is 6.10 Å². The van der Waals surface area contributed by atoms with Crippen LogP contribution in [0.3, 0.4) is 0 Å². The van der Waals surface area contributed by atoms with Crippen LogP contribution in [0.25, 0.3) is 0 Å². The van der Waals surface area contributed by atoms with Gasteiger partial charge in [0.05, 0.1) is 17.4 Å². The number of carboxylic acids is 1. The van der Waals surface area contributed by atoms with Crippen molar-refractivity contribution in [3.63, 3.8) is 0 Å². The van der Waals surface area contributed by atoms with E-state index in [0.29, 0.717) is 41.7 Å². The number of anilines is 1. The Kier molecular flexibility index (Phi) is 15.0. The summed E-state index contributed by atoms with van der Waals surface area (Å²) in [5.41, 5.74) is 7.46. The van der Waals surface area contributed by atoms with Crippen molar-refractivity contribution in [1.29, 1.82) is 0 Å². The molecule has 52 heavy (non-hydrogen) atoms. The third-order valence-corrected chi connectivity index (χ3v) is 9.46. The topological polar surface area (TPSA) is 202 Å². The number of nitrogens with two attached hydrogens (primary N) is 1. The molecule has 0 radical (unpaired) electrons. The fourth-order valence-electron chi connectivity index (χ4n) is 6.67. The number of hydrogen-bond acceptors (Lipinski definition) is 8. The highest BCUT2D eigenvalue weighted by atomic mass is 16.6. The molecule has 280 valence electrons. The highest BCUT2D eigenvalue weighted by Crippen LogP contribution is 2.32. The molecule has 0 unspecified atom stereocenters. The van der Waals surface area contributed by atoms with Crippen molar-refractivity contribution < 1.29 is 43.7 Å². The van der Waals surface area contributed by atoms with Crippen molar-refractivity contribution in [3.8, 4) is 0 Å². The summed E-state index contributed by atoms with van der Waals surface area (Å²) in [5, 5.41) is 25.7. The highest BCUT2D eigenvalue weighted by Gasteiger charge is 2.32. The Morgan fingerprint density at radius 3 is 2.31 bits per heavy atom. The molecular weight excluding hydrogens is 666 g/mol. The van der Waals surface area contributed by atoms with E-state index in [1.54, 1.807) is 25.2 Å². The van der Waals surface area contributed by atoms with Crippen molar-refractivity contribution in [1.82, 2.24) is 5.32 Å². The summed E-state index contributed by atoms with van der Waals surface area (Å²) in [5.74, 6) is -3.71. The molecule has 0 aromatic heterocycles. The Hall–Kier alpha value is -5.10. The molecule has 6 atom stereocenters. The molecule has 6 N–H and O–H groups in total. The second-order valence-corrected chi connectivity index (χ2v) is 14.0. The molecule has 1 heterocycles. The van der Waals surface area contributed by atoms with Gasteiger partial charge >= 0.3 is 12.1 Å². The maximum Gasteiger partial charge on any atom is 0.405 e. The van der Waals surface area contributed by atoms with Gasteiger partial charge < -0.3 is 31.3 Å². The number of allylic oxidation sites excluding steroid dienone is 5. The number of aliphatic hydroxyl groups excluding tert-OH is 1. The smallest absolute Gasteiger partial charge is 0.405 e. The first-order valence-electron chi connectivity index (χ1n) is 17.6. The van der Waals surface area contributed by atoms with E-state index in [-0.39, 0.29) is 71.5 Å². The Morgan fingerprint density at radius 1 is 1.00 bits per heavy atom. The van der Waals surface area contributed by atoms with Crippen LogP contribution >= 0.6 is 0 Å². The van der Waals surface area contributed by atoms with E-state index in [9.17, 15) is 33.9 Å². The maximum atomic E-state index is 13.9. The van der Waals surface area contributed by atoms with Crippen molar-refractivity contribution in [2.45, 2.75) is 92.3 Å². The third kappa shape index (κ3) is 11.7. The number of aliphatic hydroxyl groups is 1. The van der Waals surface area contributed by atoms with Crippen molar-refractivity contribution in [2.75, 3.05) is 5.32 Å². The average Bonchev–Trinajstić information content (AvgIpc) is 3.07. The molecule has 1 aromatic rings. The summed E-state index contributed by atoms with van der Waals surface area (Å²) in [4.78, 5) is 75.9. The van der Waals surface area contributed by atoms with Crippen molar-refractivity contribution in [3.05, 3.63) is 88.2 Å². The van der Waals surface area contributed by atoms with Crippen LogP contribution in [0.1, 0.15) is 90.4 Å². The fraction of sp³-hybridized carbons (Fsp3) is 0.450. The first-order valence-corrected chi connectivity index (χ1v) is 17.6. The predicted octanol–water partition coefficient (Wildman–Crippen LogP) is 5.94. The molecule has 0 saturated carbocycles. The van der Waals surface area contributed by atoms with E-state index in [1.165, 1.54) is 24.3 Å². The number of ketones is 2. The normalized spacial score (nSPS) is 27.7. The van der Waals surface area contributed by atoms with E-state index in [0.717, 1.165) is 6.08 Å². The maximum absolute atomic E-state index is 13.9. The molecule has 12 nitrogen and oxygen atoms in total. The van der Waals surface area contributed by atoms with Gasteiger partial charge in [-0.25, -0.2) is 9.59 Å². The van der Waals surface area contributed by atoms with Gasteiger partial charge in [-0.1, -0.05) is 52.0 Å². The Morgan fingerprint density at radius 2 is 1.67 bits per heavy atom. The van der Waals surface area contributed by atoms with Gasteiger partial charge in [-0.2, -0.15) is 0 Å². The van der Waals surface area contributed by atoms with Crippen LogP contribution in [-0.4, -0.2) is 57.9 Å². The predicted molar refractivity (Wildman–Crippen MR) is 197 cm³/mol. The summed E-state index contributed by atoms with van der Waals surface area (Å²) in [6.07, 6.45) is 7.60. The van der Waals surface area contributed by atoms with E-state index < -0.39 is 36.0 Å². The van der Waals surface area contributed by atoms with Gasteiger partial charge in [0.15, 0.2) is 5.78 Å². The molecule has 2 aliphatic rings. The zero-order valence-corrected chi connectivity index (χ0v) is 30.7. The molecule has 0 spiro atoms. The van der Waals surface area contributed by atoms with Gasteiger partial charge in [-0.05, 0) is 87.6 Å². The average molecular weight is 718 g/mol. The molecule has 12 heteroatoms. The minimum absolute atomic E-state index is 0.105. The minimum Gasteiger partial charge on any atom is -0.478 e. The van der Waals surface area contributed by atoms with Gasteiger partial charge in [0.2, 0.25) is 11.7 Å². The molecule has 1 aliphatic carbocycles. The quantitative estimate of drug-likeness (QED) is 0.122. The fourth-order valence-corrected chi connectivity index (χ4v) is 6.67. The first kappa shape index (κ1) is 41.3. The number of ether oxygens (including phenoxy) is 1. The van der Waals surface area contributed by atoms with Crippen molar-refractivity contribution >= 4 is 41.1 Å². The van der Waals surface area contributed by atoms with Crippen LogP contribution < -0.4 is 16.4 Å². The van der Waals surface area contributed by atoms with E-state index in [2.05, 4.69) is 10.6 Å². The third-order valence-electron chi connectivity index (χ3n) is 9.46. The largest absolute Gasteiger partial charge is 0.478 e. The number of nitrogens with one attached hydrogen (secondary N) is 2. The first-order chi connectivity index (χ1) is 24.5. The van der Waals surface area contributed by atoms with Crippen LogP contribution in [0.5, 0.6) is 0 Å². The van der Waals surface area contributed by atoms with Crippen LogP contribution in [0.2, 0.25) is 0 Å². The van der Waals surface area contributed by atoms with Gasteiger partial charge in [0.25, 0.3) is 5.91 Å². The summed E-state index contributed by atoms with van der Waals surface area (Å²) in [6.45, 7) is 11.0. The van der Waals surface area contributed by atoms with E-state index in [4.69, 9.17) is 15.6 Å². The minimum atomic E-state index is -1.07. The number of carbonyl (C=O) groups is 6. The number of primary amides is 1. The molecule has 1 aliphatic heterocycles. The van der Waals surface area contributed by atoms with Crippen LogP contribution in [0.4, 0.5) is 10.5 Å². The number of rotatable bonds is 8. The number of aromatic carboxylic acids is 1. The van der Waals surface area contributed by atoms with Crippen molar-refractivity contribution in [2.24, 2.45) is 29.4 Å². The van der Waals surface area contributed by atoms with E-state index in [1.807, 2.05) is 40.7 Å². The Labute approximate surface area is 304 Å². The lowest BCUT2D eigenvalue weighted by Crippen LogP contribution is -2.33. The zero-order valence-electron chi connectivity index (χ0n) is 30.7. The Bertz CT molecular complexity index is 1700. The van der Waals surface area contributed by atoms with Crippen LogP contribution in [0, 0.1) is 23.7 Å². The molecule has 3 rings (SSSR count). The Balaban J connectivity index is 1.85. The lowest BCUT2D eigenvalue weighted by molar-refractivity contribution is -0.120. The van der Waals surface area contributed by atoms with E-state index >= 15 is 0 Å². The molecule has 1 aromatic carbocycles. The number of unbranched alkanes of at least 4 members (excludes halogenated alkanes) is 1. The van der Waals surface area contributed by atoms with Gasteiger partial charge in [0, 0.05) is 46.7 Å². The zero-order chi connectivity index (χ0) is 38.7. The number of Topliss-reactive ketones (excluding diaryl/α,β-unsaturated/α-hetero) is 1. The van der Waals surface area contributed by atoms with Gasteiger partial charge in [-0.3, -0.25) is 19.2 Å². The second-order valence-electron chi connectivity index (χ2n) is 14.0. The monoisotopic (exact) mass is 717 g/mol. The SMILES string of the molecule is C/C1=C\C=C/[C@H](C)[C@@H](OC(N)=O)/C(C)=C/[C@H](C)[C@@H](O)[C@@H](C)C[C@H](C)CC2=C(CCCCC(=O)Nc3ccc(C(=O)O)cc3)C(=O)C=C(NC1=O)C2=O. The number of hydrogen-bond donors (Lipinski definition) is 5. The molecule has 0 saturated heterocycles. The summed E-state index contributed by atoms with van der Waals surface area (Å²) < 4.78 is 5.43. The number of fused-ring (bicyclic) bond motifs is 2. The molecular formula is C40H51N3O9. The van der Waals surface area contributed by atoms with Gasteiger partial charge in [-0.15, -0.1) is 0 Å². The standard InChI is InChI=1S/C40H51N3O9/c1-22-18-25(4)35(46)26(5)20-27(6)37(52-40(41)51)23(2)10-9-11-24(3)38(48)43-32-21-33(44)30(31(19-22)36(32)47)12-7-8-13-34(45)42-29-16-14-28(15-17-29)39(49)50/h9-11,14-17,20-23,25-26,35,37,46H,7-8,12-13,18-19H2,1-6H3,(H2,41,51)(H,42,45)(H,43,48)(H,49,50)/b10-9-,24-11+,27-20+/t22-,23-,25-,26-,35-,37+/m0/s1. The number of amides is 3. The lowest BCUT2D eigenvalue weighted by atomic mass is 9.80. The number of carboxylic acid groups (broad SMARTS) is 1. The highest BCUT2D eigenvalue weighted by molar-refractivity contribution is 6.23. The summed E-state index contributed by atoms with van der Waals surface area (Å²) in [7, 11) is 0. The number of carbonyl (C=O) groups excluding carboxylic acids is 5. The lowest BCUT2D eigenvalue weighted by Gasteiger charge is -2.28. The molecule has 3 amide bonds. The molecule has 0 fully saturated rings. The molecule has 2 bridgehead atoms.